The molecule has 1 fully saturated rings. The molecule has 3 rings (SSSR count). The molecule has 0 aliphatic carbocycles. The predicted octanol–water partition coefficient (Wildman–Crippen LogP) is 2.43. The minimum Gasteiger partial charge on any atom is -0.354 e. The second-order valence-corrected chi connectivity index (χ2v) is 6.77. The lowest BCUT2D eigenvalue weighted by Crippen LogP contribution is -2.42. The van der Waals surface area contributed by atoms with Crippen LogP contribution in [0, 0.1) is 5.92 Å². The molecule has 0 atom stereocenters. The normalized spacial score (nSPS) is 16.6. The lowest BCUT2D eigenvalue weighted by Gasteiger charge is -2.31. The van der Waals surface area contributed by atoms with Crippen molar-refractivity contribution in [1.82, 2.24) is 15.3 Å². The number of nitrogens with one attached hydrogen (secondary N) is 1. The monoisotopic (exact) mass is 304 g/mol. The van der Waals surface area contributed by atoms with E-state index < -0.39 is 0 Å². The van der Waals surface area contributed by atoms with Gasteiger partial charge in [0.2, 0.25) is 5.91 Å². The molecule has 1 aliphatic heterocycles. The van der Waals surface area contributed by atoms with Gasteiger partial charge in [-0.1, -0.05) is 11.3 Å². The zero-order chi connectivity index (χ0) is 14.8. The first-order valence-corrected chi connectivity index (χ1v) is 8.21. The van der Waals surface area contributed by atoms with Crippen LogP contribution in [0.15, 0.2) is 18.5 Å². The van der Waals surface area contributed by atoms with Crippen molar-refractivity contribution in [2.45, 2.75) is 32.7 Å². The Kier molecular flexibility index (Phi) is 4.05. The molecule has 112 valence electrons. The Morgan fingerprint density at radius 1 is 1.43 bits per heavy atom. The van der Waals surface area contributed by atoms with Crippen molar-refractivity contribution in [2.75, 3.05) is 18.0 Å². The number of aromatic nitrogens is 2. The molecule has 0 aromatic carbocycles. The molecule has 2 aromatic heterocycles. The highest BCUT2D eigenvalue weighted by Gasteiger charge is 2.26. The molecule has 21 heavy (non-hydrogen) atoms. The molecule has 1 N–H and O–H groups in total. The van der Waals surface area contributed by atoms with Gasteiger partial charge in [-0.2, -0.15) is 0 Å². The Hall–Kier alpha value is -1.69. The van der Waals surface area contributed by atoms with Crippen molar-refractivity contribution < 1.29 is 4.79 Å². The Balaban J connectivity index is 1.64. The number of amides is 1. The maximum Gasteiger partial charge on any atom is 0.223 e. The van der Waals surface area contributed by atoms with Gasteiger partial charge in [0.25, 0.3) is 0 Å². The zero-order valence-corrected chi connectivity index (χ0v) is 13.2. The predicted molar refractivity (Wildman–Crippen MR) is 85.6 cm³/mol. The van der Waals surface area contributed by atoms with Gasteiger partial charge in [-0.3, -0.25) is 9.78 Å². The van der Waals surface area contributed by atoms with Gasteiger partial charge in [0.1, 0.15) is 5.52 Å². The van der Waals surface area contributed by atoms with Gasteiger partial charge in [0.15, 0.2) is 5.13 Å². The van der Waals surface area contributed by atoms with Crippen LogP contribution in [0.4, 0.5) is 5.13 Å². The van der Waals surface area contributed by atoms with Gasteiger partial charge in [-0.25, -0.2) is 4.98 Å². The van der Waals surface area contributed by atoms with E-state index in [1.165, 1.54) is 4.70 Å². The average molecular weight is 304 g/mol. The third-order valence-electron chi connectivity index (χ3n) is 3.75. The lowest BCUT2D eigenvalue weighted by atomic mass is 9.96. The summed E-state index contributed by atoms with van der Waals surface area (Å²) in [5, 5.41) is 4.05. The van der Waals surface area contributed by atoms with E-state index in [2.05, 4.69) is 20.2 Å². The molecule has 0 radical (unpaired) electrons. The topological polar surface area (TPSA) is 58.1 Å². The number of hydrogen-bond donors (Lipinski definition) is 1. The molecule has 1 aliphatic rings. The second-order valence-electron chi connectivity index (χ2n) is 5.76. The third-order valence-corrected chi connectivity index (χ3v) is 4.84. The van der Waals surface area contributed by atoms with E-state index in [0.717, 1.165) is 36.6 Å². The van der Waals surface area contributed by atoms with Crippen molar-refractivity contribution in [3.8, 4) is 0 Å². The minimum atomic E-state index is 0.139. The molecule has 0 bridgehead atoms. The van der Waals surface area contributed by atoms with Gasteiger partial charge >= 0.3 is 0 Å². The van der Waals surface area contributed by atoms with Crippen LogP contribution in [0.25, 0.3) is 10.2 Å². The number of piperidine rings is 1. The highest BCUT2D eigenvalue weighted by Crippen LogP contribution is 2.30. The third kappa shape index (κ3) is 3.15. The van der Waals surface area contributed by atoms with Crippen LogP contribution in [0.3, 0.4) is 0 Å². The van der Waals surface area contributed by atoms with E-state index in [-0.39, 0.29) is 17.9 Å². The van der Waals surface area contributed by atoms with Crippen LogP contribution in [0.2, 0.25) is 0 Å². The summed E-state index contributed by atoms with van der Waals surface area (Å²) in [6.07, 6.45) is 5.39. The number of fused-ring (bicyclic) bond motifs is 1. The van der Waals surface area contributed by atoms with E-state index >= 15 is 0 Å². The van der Waals surface area contributed by atoms with Crippen LogP contribution in [0.5, 0.6) is 0 Å². The Morgan fingerprint density at radius 2 is 2.19 bits per heavy atom. The smallest absolute Gasteiger partial charge is 0.223 e. The van der Waals surface area contributed by atoms with E-state index in [1.54, 1.807) is 23.7 Å². The number of hydrogen-bond acceptors (Lipinski definition) is 5. The largest absolute Gasteiger partial charge is 0.354 e. The van der Waals surface area contributed by atoms with Crippen LogP contribution in [0.1, 0.15) is 26.7 Å². The summed E-state index contributed by atoms with van der Waals surface area (Å²) in [5.41, 5.74) is 0.956. The van der Waals surface area contributed by atoms with Crippen molar-refractivity contribution in [3.05, 3.63) is 18.5 Å². The lowest BCUT2D eigenvalue weighted by molar-refractivity contribution is -0.126. The number of thiazole rings is 1. The van der Waals surface area contributed by atoms with Crippen molar-refractivity contribution in [3.63, 3.8) is 0 Å². The quantitative estimate of drug-likeness (QED) is 0.946. The van der Waals surface area contributed by atoms with Crippen LogP contribution in [-0.2, 0) is 4.79 Å². The van der Waals surface area contributed by atoms with Crippen molar-refractivity contribution >= 4 is 32.6 Å². The van der Waals surface area contributed by atoms with Crippen LogP contribution in [-0.4, -0.2) is 35.0 Å². The fourth-order valence-corrected chi connectivity index (χ4v) is 3.62. The van der Waals surface area contributed by atoms with Gasteiger partial charge < -0.3 is 10.2 Å². The molecule has 0 spiro atoms. The summed E-state index contributed by atoms with van der Waals surface area (Å²) in [6, 6.07) is 2.21. The number of carbonyl (C=O) groups excluding carboxylic acids is 1. The number of nitrogens with zero attached hydrogens (tertiary/aromatic N) is 3. The number of rotatable bonds is 3. The minimum absolute atomic E-state index is 0.139. The maximum absolute atomic E-state index is 12.0. The van der Waals surface area contributed by atoms with Gasteiger partial charge in [-0.15, -0.1) is 0 Å². The summed E-state index contributed by atoms with van der Waals surface area (Å²) in [6.45, 7) is 5.79. The highest BCUT2D eigenvalue weighted by molar-refractivity contribution is 7.22. The molecule has 6 heteroatoms. The van der Waals surface area contributed by atoms with Crippen LogP contribution < -0.4 is 10.2 Å². The Morgan fingerprint density at radius 3 is 2.86 bits per heavy atom. The second kappa shape index (κ2) is 5.97. The zero-order valence-electron chi connectivity index (χ0n) is 12.4. The molecule has 1 amide bonds. The number of carbonyl (C=O) groups is 1. The standard InChI is InChI=1S/C15H20N4OS/c1-10(2)17-14(20)11-4-7-19(8-5-11)15-18-12-9-16-6-3-13(12)21-15/h3,6,9-11H,4-5,7-8H2,1-2H3,(H,17,20). The SMILES string of the molecule is CC(C)NC(=O)C1CCN(c2nc3cnccc3s2)CC1. The average Bonchev–Trinajstić information content (AvgIpc) is 2.90. The molecular weight excluding hydrogens is 284 g/mol. The van der Waals surface area contributed by atoms with Crippen LogP contribution >= 0.6 is 11.3 Å². The first-order chi connectivity index (χ1) is 10.1. The van der Waals surface area contributed by atoms with Crippen molar-refractivity contribution in [1.29, 1.82) is 0 Å². The number of pyridine rings is 1. The summed E-state index contributed by atoms with van der Waals surface area (Å²) in [7, 11) is 0. The first-order valence-electron chi connectivity index (χ1n) is 7.39. The summed E-state index contributed by atoms with van der Waals surface area (Å²) < 4.78 is 1.17. The molecule has 0 saturated carbocycles. The summed E-state index contributed by atoms with van der Waals surface area (Å²) >= 11 is 1.70. The van der Waals surface area contributed by atoms with Gasteiger partial charge in [0, 0.05) is 31.2 Å². The van der Waals surface area contributed by atoms with Gasteiger partial charge in [0.05, 0.1) is 10.9 Å². The first kappa shape index (κ1) is 14.3. The fourth-order valence-electron chi connectivity index (χ4n) is 2.64. The molecule has 3 heterocycles. The summed E-state index contributed by atoms with van der Waals surface area (Å²) in [5.74, 6) is 0.331. The fraction of sp³-hybridized carbons (Fsp3) is 0.533. The molecule has 0 unspecified atom stereocenters. The molecule has 5 nitrogen and oxygen atoms in total. The van der Waals surface area contributed by atoms with E-state index in [9.17, 15) is 4.79 Å². The Bertz CT molecular complexity index is 598. The van der Waals surface area contributed by atoms with Gasteiger partial charge in [-0.05, 0) is 32.8 Å². The van der Waals surface area contributed by atoms with Crippen molar-refractivity contribution in [2.24, 2.45) is 5.92 Å². The molecular formula is C15H20N4OS. The van der Waals surface area contributed by atoms with E-state index in [4.69, 9.17) is 0 Å². The molecule has 2 aromatic rings. The maximum atomic E-state index is 12.0. The Labute approximate surface area is 128 Å². The molecule has 1 saturated heterocycles. The van der Waals surface area contributed by atoms with E-state index in [0.29, 0.717) is 0 Å². The van der Waals surface area contributed by atoms with E-state index in [1.807, 2.05) is 19.9 Å². The highest BCUT2D eigenvalue weighted by atomic mass is 32.1. The summed E-state index contributed by atoms with van der Waals surface area (Å²) in [4.78, 5) is 23.1. The number of anilines is 1.